The number of benzene rings is 3. The molecule has 0 bridgehead atoms. The van der Waals surface area contributed by atoms with Gasteiger partial charge >= 0.3 is 6.09 Å². The van der Waals surface area contributed by atoms with Crippen LogP contribution in [0.1, 0.15) is 54.3 Å². The number of carbonyl (C=O) groups excluding carboxylic acids is 2. The lowest BCUT2D eigenvalue weighted by molar-refractivity contribution is -0.140. The second kappa shape index (κ2) is 8.86. The third-order valence-electron chi connectivity index (χ3n) is 7.33. The zero-order chi connectivity index (χ0) is 26.5. The first-order chi connectivity index (χ1) is 18.3. The fourth-order valence-electron chi connectivity index (χ4n) is 5.10. The maximum Gasteiger partial charge on any atom is 0.418 e. The lowest BCUT2D eigenvalue weighted by atomic mass is 9.92. The second-order valence-corrected chi connectivity index (χ2v) is 9.77. The van der Waals surface area contributed by atoms with E-state index in [4.69, 9.17) is 9.15 Å². The van der Waals surface area contributed by atoms with Crippen molar-refractivity contribution in [1.29, 1.82) is 0 Å². The van der Waals surface area contributed by atoms with Crippen molar-refractivity contribution >= 4 is 12.0 Å². The first-order valence-electron chi connectivity index (χ1n) is 12.3. The third-order valence-corrected chi connectivity index (χ3v) is 7.33. The van der Waals surface area contributed by atoms with Crippen molar-refractivity contribution in [2.24, 2.45) is 0 Å². The van der Waals surface area contributed by atoms with E-state index < -0.39 is 40.7 Å². The van der Waals surface area contributed by atoms with Gasteiger partial charge in [-0.3, -0.25) is 4.79 Å². The summed E-state index contributed by atoms with van der Waals surface area (Å²) in [5.74, 6) is -2.11. The van der Waals surface area contributed by atoms with Crippen molar-refractivity contribution in [2.45, 2.75) is 43.2 Å². The highest BCUT2D eigenvalue weighted by Crippen LogP contribution is 2.54. The molecule has 192 valence electrons. The van der Waals surface area contributed by atoms with Crippen LogP contribution in [0, 0.1) is 11.6 Å². The zero-order valence-corrected chi connectivity index (χ0v) is 20.4. The summed E-state index contributed by atoms with van der Waals surface area (Å²) in [5.41, 5.74) is -0.919. The van der Waals surface area contributed by atoms with E-state index in [2.05, 4.69) is 10.2 Å². The molecule has 1 aromatic heterocycles. The van der Waals surface area contributed by atoms with Crippen LogP contribution < -0.4 is 0 Å². The number of hydrogen-bond acceptors (Lipinski definition) is 6. The van der Waals surface area contributed by atoms with Gasteiger partial charge in [0.05, 0.1) is 11.5 Å². The van der Waals surface area contributed by atoms with Gasteiger partial charge in [-0.15, -0.1) is 10.2 Å². The molecule has 0 radical (unpaired) electrons. The Balaban J connectivity index is 1.42. The number of cyclic esters (lactones) is 1. The lowest BCUT2D eigenvalue weighted by Crippen LogP contribution is -2.42. The van der Waals surface area contributed by atoms with E-state index in [9.17, 15) is 18.4 Å². The summed E-state index contributed by atoms with van der Waals surface area (Å²) >= 11 is 0. The number of halogens is 2. The van der Waals surface area contributed by atoms with Crippen LogP contribution in [0.3, 0.4) is 0 Å². The van der Waals surface area contributed by atoms with E-state index in [1.807, 2.05) is 48.5 Å². The van der Waals surface area contributed by atoms with Gasteiger partial charge in [0.1, 0.15) is 11.6 Å². The number of imide groups is 1. The molecule has 38 heavy (non-hydrogen) atoms. The average Bonchev–Trinajstić information content (AvgIpc) is 3.49. The van der Waals surface area contributed by atoms with Crippen LogP contribution in [0.5, 0.6) is 0 Å². The van der Waals surface area contributed by atoms with Crippen LogP contribution >= 0.6 is 0 Å². The molecule has 2 fully saturated rings. The summed E-state index contributed by atoms with van der Waals surface area (Å²) in [7, 11) is 0. The molecule has 1 saturated carbocycles. The number of nitrogens with zero attached hydrogens (tertiary/aromatic N) is 3. The van der Waals surface area contributed by atoms with E-state index in [1.54, 1.807) is 19.1 Å². The fraction of sp³-hybridized carbons (Fsp3) is 0.241. The van der Waals surface area contributed by atoms with Crippen LogP contribution in [0.2, 0.25) is 0 Å². The summed E-state index contributed by atoms with van der Waals surface area (Å²) in [4.78, 5) is 28.3. The summed E-state index contributed by atoms with van der Waals surface area (Å²) in [6, 6.07) is 20.9. The van der Waals surface area contributed by atoms with E-state index in [0.29, 0.717) is 18.4 Å². The molecule has 6 rings (SSSR count). The van der Waals surface area contributed by atoms with Gasteiger partial charge in [0, 0.05) is 12.5 Å². The van der Waals surface area contributed by atoms with Crippen LogP contribution in [0.15, 0.2) is 83.3 Å². The lowest BCUT2D eigenvalue weighted by Gasteiger charge is -2.24. The van der Waals surface area contributed by atoms with Crippen molar-refractivity contribution in [2.75, 3.05) is 0 Å². The van der Waals surface area contributed by atoms with E-state index in [-0.39, 0.29) is 18.2 Å². The minimum absolute atomic E-state index is 0.0281. The van der Waals surface area contributed by atoms with Crippen molar-refractivity contribution in [3.63, 3.8) is 0 Å². The Labute approximate surface area is 217 Å². The molecule has 1 aliphatic carbocycles. The molecule has 2 heterocycles. The topological polar surface area (TPSA) is 85.5 Å². The molecule has 1 aliphatic heterocycles. The van der Waals surface area contributed by atoms with Gasteiger partial charge in [-0.1, -0.05) is 60.7 Å². The Morgan fingerprint density at radius 1 is 0.895 bits per heavy atom. The maximum absolute atomic E-state index is 14.0. The minimum atomic E-state index is -1.89. The molecule has 4 aromatic rings. The standard InChI is InChI=1S/C29H23F2N3O4/c1-18(20-10-6-3-7-11-20)34-26(35)29(38-27(34)36,17-19-8-4-2-5-9-19)25-33-32-24(37-25)28(12-13-28)21-14-22(30)16-23(31)15-21/h2-11,14-16,18H,12-13,17H2,1H3/t18-,29-/m1/s1. The monoisotopic (exact) mass is 515 g/mol. The Bertz CT molecular complexity index is 1500. The summed E-state index contributed by atoms with van der Waals surface area (Å²) in [6.45, 7) is 1.74. The molecular formula is C29H23F2N3O4. The molecule has 2 amide bonds. The van der Waals surface area contributed by atoms with Crippen LogP contribution in [-0.2, 0) is 27.0 Å². The molecule has 2 atom stereocenters. The van der Waals surface area contributed by atoms with E-state index >= 15 is 0 Å². The highest BCUT2D eigenvalue weighted by Gasteiger charge is 2.61. The highest BCUT2D eigenvalue weighted by atomic mass is 19.1. The smallest absolute Gasteiger partial charge is 0.418 e. The van der Waals surface area contributed by atoms with E-state index in [0.717, 1.165) is 22.1 Å². The number of amides is 2. The van der Waals surface area contributed by atoms with Gasteiger partial charge in [-0.25, -0.2) is 18.5 Å². The van der Waals surface area contributed by atoms with Crippen molar-refractivity contribution < 1.29 is 27.5 Å². The normalized spacial score (nSPS) is 20.9. The molecule has 0 N–H and O–H groups in total. The first kappa shape index (κ1) is 24.0. The van der Waals surface area contributed by atoms with Gasteiger partial charge < -0.3 is 9.15 Å². The molecule has 3 aromatic carbocycles. The molecule has 7 nitrogen and oxygen atoms in total. The average molecular weight is 516 g/mol. The van der Waals surface area contributed by atoms with Crippen LogP contribution in [0.4, 0.5) is 13.6 Å². The predicted molar refractivity (Wildman–Crippen MR) is 131 cm³/mol. The van der Waals surface area contributed by atoms with Crippen LogP contribution in [0.25, 0.3) is 0 Å². The Morgan fingerprint density at radius 3 is 2.13 bits per heavy atom. The van der Waals surface area contributed by atoms with Gasteiger partial charge in [-0.2, -0.15) is 0 Å². The van der Waals surface area contributed by atoms with Crippen molar-refractivity contribution in [3.05, 3.63) is 119 Å². The highest BCUT2D eigenvalue weighted by molar-refractivity contribution is 6.03. The number of carbonyl (C=O) groups is 2. The van der Waals surface area contributed by atoms with Gasteiger partial charge in [-0.05, 0) is 48.6 Å². The largest absolute Gasteiger partial charge is 0.422 e. The SMILES string of the molecule is C[C@H](c1ccccc1)N1C(=O)O[C@](Cc2ccccc2)(c2nnc(C3(c4cc(F)cc(F)c4)CC3)o2)C1=O. The number of hydrogen-bond donors (Lipinski definition) is 0. The first-order valence-corrected chi connectivity index (χ1v) is 12.3. The summed E-state index contributed by atoms with van der Waals surface area (Å²) in [6.07, 6.45) is 0.220. The molecule has 0 unspecified atom stereocenters. The molecule has 2 aliphatic rings. The quantitative estimate of drug-likeness (QED) is 0.318. The maximum atomic E-state index is 14.0. The Kier molecular flexibility index (Phi) is 5.59. The molecule has 0 spiro atoms. The number of aromatic nitrogens is 2. The number of rotatable bonds is 7. The number of ether oxygens (including phenoxy) is 1. The zero-order valence-electron chi connectivity index (χ0n) is 20.4. The van der Waals surface area contributed by atoms with Gasteiger partial charge in [0.15, 0.2) is 0 Å². The Hall–Kier alpha value is -4.40. The van der Waals surface area contributed by atoms with Gasteiger partial charge in [0.2, 0.25) is 5.89 Å². The predicted octanol–water partition coefficient (Wildman–Crippen LogP) is 5.61. The van der Waals surface area contributed by atoms with Crippen molar-refractivity contribution in [3.8, 4) is 0 Å². The fourth-order valence-corrected chi connectivity index (χ4v) is 5.10. The molecular weight excluding hydrogens is 492 g/mol. The molecule has 9 heteroatoms. The summed E-state index contributed by atoms with van der Waals surface area (Å²) in [5, 5.41) is 8.35. The summed E-state index contributed by atoms with van der Waals surface area (Å²) < 4.78 is 39.9. The second-order valence-electron chi connectivity index (χ2n) is 9.77. The third kappa shape index (κ3) is 3.86. The minimum Gasteiger partial charge on any atom is -0.422 e. The Morgan fingerprint density at radius 2 is 1.50 bits per heavy atom. The van der Waals surface area contributed by atoms with Gasteiger partial charge in [0.25, 0.3) is 17.4 Å². The van der Waals surface area contributed by atoms with Crippen molar-refractivity contribution in [1.82, 2.24) is 15.1 Å². The molecule has 1 saturated heterocycles. The van der Waals surface area contributed by atoms with E-state index in [1.165, 1.54) is 12.1 Å². The van der Waals surface area contributed by atoms with Crippen LogP contribution in [-0.4, -0.2) is 27.1 Å².